The summed E-state index contributed by atoms with van der Waals surface area (Å²) >= 11 is 0. The van der Waals surface area contributed by atoms with Gasteiger partial charge in [-0.2, -0.15) is 0 Å². The van der Waals surface area contributed by atoms with E-state index in [1.807, 2.05) is 33.9 Å². The highest BCUT2D eigenvalue weighted by atomic mass is 28.4. The van der Waals surface area contributed by atoms with E-state index in [1.165, 1.54) is 24.3 Å². The number of hydrogen-bond acceptors (Lipinski definition) is 9. The maximum atomic E-state index is 12.8. The van der Waals surface area contributed by atoms with Crippen molar-refractivity contribution in [1.29, 1.82) is 0 Å². The lowest BCUT2D eigenvalue weighted by molar-refractivity contribution is -0.384. The number of carbonyl (C=O) groups is 4. The largest absolute Gasteiger partial charge is 0.454 e. The Balaban J connectivity index is 2.09. The summed E-state index contributed by atoms with van der Waals surface area (Å²) < 4.78 is 16.4. The molecular weight excluding hydrogens is 464 g/mol. The van der Waals surface area contributed by atoms with E-state index in [2.05, 4.69) is 0 Å². The quantitative estimate of drug-likeness (QED) is 0.140. The van der Waals surface area contributed by atoms with Gasteiger partial charge in [0, 0.05) is 19.1 Å². The predicted molar refractivity (Wildman–Crippen MR) is 122 cm³/mol. The van der Waals surface area contributed by atoms with E-state index in [-0.39, 0.29) is 17.3 Å². The third kappa shape index (κ3) is 5.86. The number of nitro groups is 1. The zero-order valence-electron chi connectivity index (χ0n) is 20.3. The Morgan fingerprint density at radius 2 is 1.74 bits per heavy atom. The number of benzene rings is 1. The van der Waals surface area contributed by atoms with Crippen molar-refractivity contribution in [2.24, 2.45) is 5.92 Å². The molecule has 0 N–H and O–H groups in total. The summed E-state index contributed by atoms with van der Waals surface area (Å²) in [5, 5.41) is 10.6. The molecule has 1 aromatic rings. The molecule has 0 aliphatic carbocycles. The third-order valence-electron chi connectivity index (χ3n) is 6.07. The highest BCUT2D eigenvalue weighted by molar-refractivity contribution is 6.74. The molecule has 0 radical (unpaired) electrons. The molecule has 1 aromatic carbocycles. The first-order valence-corrected chi connectivity index (χ1v) is 13.6. The van der Waals surface area contributed by atoms with Gasteiger partial charge in [-0.1, -0.05) is 20.8 Å². The Hall–Kier alpha value is -3.12. The van der Waals surface area contributed by atoms with E-state index >= 15 is 0 Å². The van der Waals surface area contributed by atoms with Crippen LogP contribution in [0.15, 0.2) is 24.3 Å². The number of nitro benzene ring substituents is 1. The molecule has 34 heavy (non-hydrogen) atoms. The summed E-state index contributed by atoms with van der Waals surface area (Å²) in [7, 11) is -2.27. The first-order chi connectivity index (χ1) is 15.6. The minimum atomic E-state index is -2.27. The Bertz CT molecular complexity index is 985. The predicted octanol–water partition coefficient (Wildman–Crippen LogP) is 2.92. The zero-order valence-corrected chi connectivity index (χ0v) is 21.3. The van der Waals surface area contributed by atoms with Crippen molar-refractivity contribution in [3.8, 4) is 0 Å². The Labute approximate surface area is 198 Å². The van der Waals surface area contributed by atoms with Crippen molar-refractivity contribution in [2.45, 2.75) is 71.7 Å². The lowest BCUT2D eigenvalue weighted by Gasteiger charge is -2.48. The summed E-state index contributed by atoms with van der Waals surface area (Å²) in [5.74, 6) is -4.95. The van der Waals surface area contributed by atoms with Gasteiger partial charge in [0.05, 0.1) is 11.0 Å². The number of amides is 2. The van der Waals surface area contributed by atoms with Crippen molar-refractivity contribution < 1.29 is 38.0 Å². The van der Waals surface area contributed by atoms with Crippen LogP contribution in [-0.4, -0.2) is 54.2 Å². The van der Waals surface area contributed by atoms with Crippen LogP contribution in [0.1, 0.15) is 40.2 Å². The van der Waals surface area contributed by atoms with E-state index in [9.17, 15) is 29.3 Å². The van der Waals surface area contributed by atoms with Crippen LogP contribution in [0.2, 0.25) is 18.1 Å². The van der Waals surface area contributed by atoms with Crippen LogP contribution in [0.4, 0.5) is 5.69 Å². The number of carbonyl (C=O) groups excluding carboxylic acids is 4. The molecule has 1 aliphatic heterocycles. The lowest BCUT2D eigenvalue weighted by Crippen LogP contribution is -2.69. The molecule has 1 saturated heterocycles. The number of rotatable bonds is 7. The first kappa shape index (κ1) is 27.1. The van der Waals surface area contributed by atoms with Crippen LogP contribution < -0.4 is 0 Å². The molecule has 1 heterocycles. The van der Waals surface area contributed by atoms with E-state index in [0.29, 0.717) is 10.5 Å². The molecular formula is C22H30N2O9Si. The van der Waals surface area contributed by atoms with Gasteiger partial charge in [0.25, 0.3) is 5.69 Å². The molecule has 0 bridgehead atoms. The normalized spacial score (nSPS) is 19.1. The maximum Gasteiger partial charge on any atom is 0.397 e. The van der Waals surface area contributed by atoms with Crippen LogP contribution in [0.3, 0.4) is 0 Å². The van der Waals surface area contributed by atoms with Crippen LogP contribution >= 0.6 is 0 Å². The fourth-order valence-corrected chi connectivity index (χ4v) is 4.60. The van der Waals surface area contributed by atoms with Gasteiger partial charge in [-0.25, -0.2) is 9.69 Å². The summed E-state index contributed by atoms with van der Waals surface area (Å²) in [4.78, 5) is 60.1. The molecule has 0 aromatic heterocycles. The maximum absolute atomic E-state index is 12.8. The number of non-ortho nitro benzene ring substituents is 1. The molecule has 2 amide bonds. The SMILES string of the molecule is CC(=O)OC1[C@@H]([C@@H](C)O[Si](C)(C)C(C)(C)C)C(=O)N1C(=O)C(=O)OCc1ccc([N+](=O)[O-])cc1. The minimum Gasteiger partial charge on any atom is -0.454 e. The van der Waals surface area contributed by atoms with Crippen LogP contribution in [-0.2, 0) is 39.7 Å². The monoisotopic (exact) mass is 494 g/mol. The fourth-order valence-electron chi connectivity index (χ4n) is 3.17. The van der Waals surface area contributed by atoms with Gasteiger partial charge in [-0.3, -0.25) is 24.5 Å². The standard InChI is InChI=1S/C22H30N2O9Si/c1-13(33-34(6,7)22(3,4)5)17-18(26)23(20(17)32-14(2)25)19(27)21(28)31-12-15-8-10-16(11-9-15)24(29)30/h8-11,13,17,20H,12H2,1-7H3/t13-,17+,20?/m1/s1. The summed E-state index contributed by atoms with van der Waals surface area (Å²) in [6, 6.07) is 5.22. The molecule has 1 fully saturated rings. The minimum absolute atomic E-state index is 0.137. The number of likely N-dealkylation sites (tertiary alicyclic amines) is 1. The Morgan fingerprint density at radius 3 is 2.21 bits per heavy atom. The van der Waals surface area contributed by atoms with E-state index in [0.717, 1.165) is 6.92 Å². The van der Waals surface area contributed by atoms with Gasteiger partial charge in [0.1, 0.15) is 12.5 Å². The summed E-state index contributed by atoms with van der Waals surface area (Å²) in [6.45, 7) is 12.6. The Morgan fingerprint density at radius 1 is 1.18 bits per heavy atom. The average molecular weight is 495 g/mol. The van der Waals surface area contributed by atoms with Gasteiger partial charge >= 0.3 is 17.8 Å². The summed E-state index contributed by atoms with van der Waals surface area (Å²) in [5.41, 5.74) is 0.272. The molecule has 1 aliphatic rings. The van der Waals surface area contributed by atoms with Crippen molar-refractivity contribution in [3.05, 3.63) is 39.9 Å². The van der Waals surface area contributed by atoms with Gasteiger partial charge < -0.3 is 13.9 Å². The summed E-state index contributed by atoms with van der Waals surface area (Å²) in [6.07, 6.45) is -1.94. The van der Waals surface area contributed by atoms with E-state index < -0.39 is 55.2 Å². The molecule has 1 unspecified atom stereocenters. The van der Waals surface area contributed by atoms with Crippen molar-refractivity contribution in [3.63, 3.8) is 0 Å². The second kappa shape index (κ2) is 10.0. The van der Waals surface area contributed by atoms with E-state index in [4.69, 9.17) is 13.9 Å². The molecule has 12 heteroatoms. The van der Waals surface area contributed by atoms with Crippen LogP contribution in [0.5, 0.6) is 0 Å². The smallest absolute Gasteiger partial charge is 0.397 e. The third-order valence-corrected chi connectivity index (χ3v) is 10.6. The fraction of sp³-hybridized carbons (Fsp3) is 0.545. The lowest BCUT2D eigenvalue weighted by atomic mass is 9.90. The number of nitrogens with zero attached hydrogens (tertiary/aromatic N) is 2. The van der Waals surface area contributed by atoms with Gasteiger partial charge in [-0.05, 0) is 42.8 Å². The highest BCUT2D eigenvalue weighted by Crippen LogP contribution is 2.40. The van der Waals surface area contributed by atoms with Crippen molar-refractivity contribution in [1.82, 2.24) is 4.90 Å². The number of ether oxygens (including phenoxy) is 2. The second-order valence-electron chi connectivity index (χ2n) is 9.62. The average Bonchev–Trinajstić information content (AvgIpc) is 2.70. The van der Waals surface area contributed by atoms with Gasteiger partial charge in [0.2, 0.25) is 5.91 Å². The number of hydrogen-bond donors (Lipinski definition) is 0. The molecule has 0 saturated carbocycles. The van der Waals surface area contributed by atoms with Crippen molar-refractivity contribution in [2.75, 3.05) is 0 Å². The zero-order chi connectivity index (χ0) is 26.0. The van der Waals surface area contributed by atoms with Crippen molar-refractivity contribution >= 4 is 37.8 Å². The molecule has 11 nitrogen and oxygen atoms in total. The van der Waals surface area contributed by atoms with Gasteiger partial charge in [-0.15, -0.1) is 0 Å². The topological polar surface area (TPSA) is 142 Å². The second-order valence-corrected chi connectivity index (χ2v) is 14.4. The molecule has 2 rings (SSSR count). The molecule has 3 atom stereocenters. The van der Waals surface area contributed by atoms with Crippen LogP contribution in [0, 0.1) is 16.0 Å². The first-order valence-electron chi connectivity index (χ1n) is 10.7. The van der Waals surface area contributed by atoms with E-state index in [1.54, 1.807) is 6.92 Å². The molecule has 0 spiro atoms. The van der Waals surface area contributed by atoms with Crippen LogP contribution in [0.25, 0.3) is 0 Å². The number of esters is 2. The number of β-lactam (4-membered cyclic amide) rings is 1. The molecule has 186 valence electrons. The number of imide groups is 1. The highest BCUT2D eigenvalue weighted by Gasteiger charge is 2.58. The Kier molecular flexibility index (Phi) is 7.99. The van der Waals surface area contributed by atoms with Gasteiger partial charge in [0.15, 0.2) is 14.5 Å².